The van der Waals surface area contributed by atoms with Crippen LogP contribution in [0.4, 0.5) is 10.3 Å². The summed E-state index contributed by atoms with van der Waals surface area (Å²) < 4.78 is 0. The van der Waals surface area contributed by atoms with Crippen LogP contribution < -0.4 is 10.6 Å². The van der Waals surface area contributed by atoms with Gasteiger partial charge in [-0.1, -0.05) is 11.3 Å². The molecule has 1 aromatic rings. The van der Waals surface area contributed by atoms with E-state index in [2.05, 4.69) is 15.1 Å². The highest BCUT2D eigenvalue weighted by atomic mass is 32.1. The first-order chi connectivity index (χ1) is 7.47. The molecular formula is C10H18N4OS. The fraction of sp³-hybridized carbons (Fsp3) is 0.800. The maximum Gasteiger partial charge on any atom is 0.209 e. The lowest BCUT2D eigenvalue weighted by Gasteiger charge is -2.37. The molecule has 16 heavy (non-hydrogen) atoms. The second kappa shape index (κ2) is 4.18. The van der Waals surface area contributed by atoms with E-state index in [0.29, 0.717) is 11.0 Å². The van der Waals surface area contributed by atoms with Crippen LogP contribution in [-0.4, -0.2) is 34.0 Å². The summed E-state index contributed by atoms with van der Waals surface area (Å²) in [4.78, 5) is 2.19. The van der Waals surface area contributed by atoms with E-state index in [1.165, 1.54) is 11.3 Å². The summed E-state index contributed by atoms with van der Waals surface area (Å²) in [6, 6.07) is 0. The van der Waals surface area contributed by atoms with E-state index in [9.17, 15) is 5.11 Å². The number of nitrogens with zero attached hydrogens (tertiary/aromatic N) is 3. The molecule has 5 nitrogen and oxygen atoms in total. The largest absolute Gasteiger partial charge is 0.390 e. The van der Waals surface area contributed by atoms with E-state index in [0.717, 1.165) is 31.1 Å². The molecule has 0 bridgehead atoms. The maximum absolute atomic E-state index is 9.94. The first kappa shape index (κ1) is 11.6. The first-order valence-electron chi connectivity index (χ1n) is 5.53. The van der Waals surface area contributed by atoms with Crippen molar-refractivity contribution < 1.29 is 5.11 Å². The van der Waals surface area contributed by atoms with Gasteiger partial charge in [0.2, 0.25) is 10.3 Å². The molecule has 3 N–H and O–H groups in total. The second-order valence-corrected chi connectivity index (χ2v) is 5.83. The van der Waals surface area contributed by atoms with Gasteiger partial charge in [0.15, 0.2) is 0 Å². The molecule has 2 rings (SSSR count). The highest BCUT2D eigenvalue weighted by molar-refractivity contribution is 7.18. The van der Waals surface area contributed by atoms with Crippen molar-refractivity contribution >= 4 is 21.6 Å². The Kier molecular flexibility index (Phi) is 3.03. The summed E-state index contributed by atoms with van der Waals surface area (Å²) in [6.45, 7) is 5.61. The van der Waals surface area contributed by atoms with Gasteiger partial charge >= 0.3 is 0 Å². The lowest BCUT2D eigenvalue weighted by molar-refractivity contribution is 0.00651. The SMILES string of the molecule is CC(C)(O)C1CCN(c2nnc(N)s2)CC1. The van der Waals surface area contributed by atoms with E-state index in [1.807, 2.05) is 13.8 Å². The van der Waals surface area contributed by atoms with Crippen LogP contribution >= 0.6 is 11.3 Å². The average molecular weight is 242 g/mol. The number of hydrogen-bond donors (Lipinski definition) is 2. The molecule has 6 heteroatoms. The third-order valence-electron chi connectivity index (χ3n) is 3.19. The fourth-order valence-corrected chi connectivity index (χ4v) is 2.79. The molecule has 0 spiro atoms. The standard InChI is InChI=1S/C10H18N4OS/c1-10(2,15)7-3-5-14(6-4-7)9-13-12-8(11)16-9/h7,15H,3-6H2,1-2H3,(H2,11,12). The molecule has 90 valence electrons. The third-order valence-corrected chi connectivity index (χ3v) is 4.01. The Hall–Kier alpha value is -0.880. The van der Waals surface area contributed by atoms with E-state index in [4.69, 9.17) is 5.73 Å². The maximum atomic E-state index is 9.94. The van der Waals surface area contributed by atoms with Crippen LogP contribution in [0.1, 0.15) is 26.7 Å². The third kappa shape index (κ3) is 2.44. The van der Waals surface area contributed by atoms with Gasteiger partial charge in [0.05, 0.1) is 5.60 Å². The minimum Gasteiger partial charge on any atom is -0.390 e. The normalized spacial score (nSPS) is 19.1. The van der Waals surface area contributed by atoms with Gasteiger partial charge in [0, 0.05) is 13.1 Å². The van der Waals surface area contributed by atoms with Crippen molar-refractivity contribution in [3.05, 3.63) is 0 Å². The molecular weight excluding hydrogens is 224 g/mol. The highest BCUT2D eigenvalue weighted by Gasteiger charge is 2.31. The minimum absolute atomic E-state index is 0.369. The number of aromatic nitrogens is 2. The zero-order valence-electron chi connectivity index (χ0n) is 9.68. The molecule has 0 atom stereocenters. The van der Waals surface area contributed by atoms with Crippen LogP contribution in [0, 0.1) is 5.92 Å². The number of hydrogen-bond acceptors (Lipinski definition) is 6. The predicted octanol–water partition coefficient (Wildman–Crippen LogP) is 1.11. The van der Waals surface area contributed by atoms with Crippen molar-refractivity contribution in [1.82, 2.24) is 10.2 Å². The Morgan fingerprint density at radius 1 is 1.38 bits per heavy atom. The predicted molar refractivity (Wildman–Crippen MR) is 65.6 cm³/mol. The molecule has 0 aliphatic carbocycles. The molecule has 0 aromatic carbocycles. The van der Waals surface area contributed by atoms with Crippen LogP contribution in [0.25, 0.3) is 0 Å². The van der Waals surface area contributed by atoms with Crippen LogP contribution in [-0.2, 0) is 0 Å². The zero-order chi connectivity index (χ0) is 11.8. The topological polar surface area (TPSA) is 75.3 Å². The Bertz CT molecular complexity index is 352. The molecule has 0 amide bonds. The molecule has 1 aliphatic rings. The second-order valence-electron chi connectivity index (χ2n) is 4.84. The van der Waals surface area contributed by atoms with Crippen molar-refractivity contribution in [2.24, 2.45) is 5.92 Å². The number of aliphatic hydroxyl groups is 1. The number of anilines is 2. The molecule has 0 saturated carbocycles. The van der Waals surface area contributed by atoms with Crippen molar-refractivity contribution in [1.29, 1.82) is 0 Å². The van der Waals surface area contributed by atoms with Gasteiger partial charge in [-0.2, -0.15) is 0 Å². The van der Waals surface area contributed by atoms with Crippen molar-refractivity contribution in [3.63, 3.8) is 0 Å². The summed E-state index contributed by atoms with van der Waals surface area (Å²) in [6.07, 6.45) is 1.98. The molecule has 2 heterocycles. The molecule has 1 saturated heterocycles. The summed E-state index contributed by atoms with van der Waals surface area (Å²) in [5, 5.41) is 19.2. The van der Waals surface area contributed by atoms with Gasteiger partial charge in [-0.05, 0) is 32.6 Å². The summed E-state index contributed by atoms with van der Waals surface area (Å²) in [5.74, 6) is 0.369. The van der Waals surface area contributed by atoms with Gasteiger partial charge in [-0.25, -0.2) is 0 Å². The average Bonchev–Trinajstić information content (AvgIpc) is 2.64. The fourth-order valence-electron chi connectivity index (χ4n) is 2.13. The lowest BCUT2D eigenvalue weighted by atomic mass is 9.83. The molecule has 1 fully saturated rings. The number of piperidine rings is 1. The van der Waals surface area contributed by atoms with Crippen LogP contribution in [0.15, 0.2) is 0 Å². The lowest BCUT2D eigenvalue weighted by Crippen LogP contribution is -2.41. The van der Waals surface area contributed by atoms with Crippen LogP contribution in [0.5, 0.6) is 0 Å². The van der Waals surface area contributed by atoms with Gasteiger partial charge in [-0.15, -0.1) is 10.2 Å². The highest BCUT2D eigenvalue weighted by Crippen LogP contribution is 2.31. The van der Waals surface area contributed by atoms with Gasteiger partial charge < -0.3 is 15.7 Å². The van der Waals surface area contributed by atoms with Crippen molar-refractivity contribution in [2.75, 3.05) is 23.7 Å². The molecule has 0 radical (unpaired) electrons. The van der Waals surface area contributed by atoms with Gasteiger partial charge in [0.25, 0.3) is 0 Å². The number of nitrogen functional groups attached to an aromatic ring is 1. The van der Waals surface area contributed by atoms with Crippen molar-refractivity contribution in [3.8, 4) is 0 Å². The minimum atomic E-state index is -0.577. The smallest absolute Gasteiger partial charge is 0.209 e. The van der Waals surface area contributed by atoms with E-state index >= 15 is 0 Å². The summed E-state index contributed by atoms with van der Waals surface area (Å²) in [5.41, 5.74) is 4.98. The summed E-state index contributed by atoms with van der Waals surface area (Å²) >= 11 is 1.42. The number of nitrogens with two attached hydrogens (primary N) is 1. The van der Waals surface area contributed by atoms with Gasteiger partial charge in [0.1, 0.15) is 0 Å². The Labute approximate surface area is 99.3 Å². The number of rotatable bonds is 2. The van der Waals surface area contributed by atoms with Crippen molar-refractivity contribution in [2.45, 2.75) is 32.3 Å². The zero-order valence-corrected chi connectivity index (χ0v) is 10.5. The molecule has 1 aliphatic heterocycles. The van der Waals surface area contributed by atoms with Crippen LogP contribution in [0.3, 0.4) is 0 Å². The van der Waals surface area contributed by atoms with E-state index in [-0.39, 0.29) is 0 Å². The van der Waals surface area contributed by atoms with E-state index < -0.39 is 5.60 Å². The monoisotopic (exact) mass is 242 g/mol. The Balaban J connectivity index is 1.95. The van der Waals surface area contributed by atoms with E-state index in [1.54, 1.807) is 0 Å². The first-order valence-corrected chi connectivity index (χ1v) is 6.35. The summed E-state index contributed by atoms with van der Waals surface area (Å²) in [7, 11) is 0. The molecule has 0 unspecified atom stereocenters. The van der Waals surface area contributed by atoms with Gasteiger partial charge in [-0.3, -0.25) is 0 Å². The molecule has 1 aromatic heterocycles. The van der Waals surface area contributed by atoms with Crippen LogP contribution in [0.2, 0.25) is 0 Å². The Morgan fingerprint density at radius 2 is 2.00 bits per heavy atom. The quantitative estimate of drug-likeness (QED) is 0.812. The Morgan fingerprint density at radius 3 is 2.44 bits per heavy atom.